The van der Waals surface area contributed by atoms with Crippen molar-refractivity contribution in [1.29, 1.82) is 0 Å². The summed E-state index contributed by atoms with van der Waals surface area (Å²) < 4.78 is 10.4. The molecule has 0 amide bonds. The van der Waals surface area contributed by atoms with Crippen molar-refractivity contribution >= 4 is 43.5 Å². The second-order valence-electron chi connectivity index (χ2n) is 12.9. The third kappa shape index (κ3) is 2.89. The van der Waals surface area contributed by atoms with Crippen LogP contribution in [0.5, 0.6) is 0 Å². The Morgan fingerprint density at radius 2 is 1.62 bits per heavy atom. The highest BCUT2D eigenvalue weighted by Crippen LogP contribution is 2.65. The van der Waals surface area contributed by atoms with E-state index in [4.69, 9.17) is 9.72 Å². The summed E-state index contributed by atoms with van der Waals surface area (Å²) in [6, 6.07) is 24.2. The molecule has 3 heterocycles. The molecule has 40 heavy (non-hydrogen) atoms. The number of hydrogen-bond acceptors (Lipinski definition) is 3. The zero-order valence-corrected chi connectivity index (χ0v) is 23.9. The van der Waals surface area contributed by atoms with Crippen LogP contribution in [0.25, 0.3) is 54.7 Å². The van der Waals surface area contributed by atoms with E-state index in [1.54, 1.807) is 7.11 Å². The highest BCUT2D eigenvalue weighted by Gasteiger charge is 2.74. The molecule has 1 fully saturated rings. The topological polar surface area (TPSA) is 51.2 Å². The molecule has 3 atom stereocenters. The van der Waals surface area contributed by atoms with Gasteiger partial charge in [0.15, 0.2) is 6.04 Å². The van der Waals surface area contributed by atoms with E-state index in [1.165, 1.54) is 49.1 Å². The van der Waals surface area contributed by atoms with Crippen LogP contribution in [-0.4, -0.2) is 27.6 Å². The third-order valence-corrected chi connectivity index (χ3v) is 9.32. The van der Waals surface area contributed by atoms with Crippen molar-refractivity contribution in [3.63, 3.8) is 0 Å². The van der Waals surface area contributed by atoms with Crippen molar-refractivity contribution < 1.29 is 14.4 Å². The SMILES string of the molecule is COC1(O)C2c3c(cc(C(C)(C)C)c4ccccc34)-c3c4c5cc6ccccc6cc5n(C(C)C)c4nc[n+]3C21. The van der Waals surface area contributed by atoms with Crippen molar-refractivity contribution in [2.45, 2.75) is 63.8 Å². The first-order chi connectivity index (χ1) is 19.1. The standard InChI is InChI=1S/C35H34N3O2/c1-19(2)38-27-16-21-12-8-7-11-20(21)15-24(27)29-31-25-17-26(34(3,4)5)22-13-9-10-14-23(22)28(25)30-32(35(30,39)40-6)37(31)18-36-33(29)38/h7-19,30,32,39H,1-6H3/q+1. The molecule has 1 saturated carbocycles. The fraction of sp³-hybridized carbons (Fsp3) is 0.314. The van der Waals surface area contributed by atoms with Gasteiger partial charge in [-0.25, -0.2) is 4.57 Å². The van der Waals surface area contributed by atoms with E-state index in [9.17, 15) is 5.11 Å². The lowest BCUT2D eigenvalue weighted by atomic mass is 9.79. The summed E-state index contributed by atoms with van der Waals surface area (Å²) in [5.41, 5.74) is 6.86. The van der Waals surface area contributed by atoms with Crippen LogP contribution in [0.3, 0.4) is 0 Å². The Morgan fingerprint density at radius 1 is 0.950 bits per heavy atom. The van der Waals surface area contributed by atoms with Gasteiger partial charge in [0, 0.05) is 24.1 Å². The number of aromatic nitrogens is 3. The number of benzene rings is 4. The minimum atomic E-state index is -1.28. The summed E-state index contributed by atoms with van der Waals surface area (Å²) in [7, 11) is 1.62. The van der Waals surface area contributed by atoms with Crippen molar-refractivity contribution in [1.82, 2.24) is 9.55 Å². The van der Waals surface area contributed by atoms with E-state index >= 15 is 0 Å². The molecule has 0 radical (unpaired) electrons. The molecule has 5 nitrogen and oxygen atoms in total. The van der Waals surface area contributed by atoms with Crippen LogP contribution in [0.4, 0.5) is 0 Å². The zero-order valence-electron chi connectivity index (χ0n) is 23.9. The van der Waals surface area contributed by atoms with Gasteiger partial charge < -0.3 is 14.4 Å². The van der Waals surface area contributed by atoms with Crippen molar-refractivity contribution in [2.24, 2.45) is 0 Å². The highest BCUT2D eigenvalue weighted by molar-refractivity contribution is 6.16. The molecule has 4 aromatic carbocycles. The van der Waals surface area contributed by atoms with Crippen LogP contribution in [0, 0.1) is 0 Å². The smallest absolute Gasteiger partial charge is 0.289 e. The van der Waals surface area contributed by atoms with Crippen molar-refractivity contribution in [2.75, 3.05) is 7.11 Å². The molecule has 1 N–H and O–H groups in total. The van der Waals surface area contributed by atoms with E-state index < -0.39 is 5.79 Å². The summed E-state index contributed by atoms with van der Waals surface area (Å²) in [4.78, 5) is 5.09. The fourth-order valence-electron chi connectivity index (χ4n) is 7.51. The Kier molecular flexibility index (Phi) is 4.62. The van der Waals surface area contributed by atoms with Gasteiger partial charge in [-0.2, -0.15) is 0 Å². The summed E-state index contributed by atoms with van der Waals surface area (Å²) in [5, 5.41) is 19.0. The van der Waals surface area contributed by atoms with Crippen LogP contribution in [0.2, 0.25) is 0 Å². The van der Waals surface area contributed by atoms with E-state index in [0.717, 1.165) is 16.7 Å². The molecule has 1 aliphatic heterocycles. The number of methoxy groups -OCH3 is 1. The van der Waals surface area contributed by atoms with E-state index in [1.807, 2.05) is 6.33 Å². The molecule has 0 saturated heterocycles. The van der Waals surface area contributed by atoms with Crippen molar-refractivity contribution in [3.05, 3.63) is 84.2 Å². The van der Waals surface area contributed by atoms with Gasteiger partial charge in [-0.3, -0.25) is 0 Å². The predicted octanol–water partition coefficient (Wildman–Crippen LogP) is 7.32. The number of ether oxygens (including phenoxy) is 1. The molecule has 5 heteroatoms. The lowest BCUT2D eigenvalue weighted by Gasteiger charge is -2.26. The van der Waals surface area contributed by atoms with Gasteiger partial charge in [0.05, 0.1) is 11.4 Å². The number of aliphatic hydroxyl groups is 1. The van der Waals surface area contributed by atoms with Gasteiger partial charge >= 0.3 is 0 Å². The van der Waals surface area contributed by atoms with Gasteiger partial charge in [0.25, 0.3) is 12.0 Å². The number of nitrogens with zero attached hydrogens (tertiary/aromatic N) is 3. The molecule has 200 valence electrons. The highest BCUT2D eigenvalue weighted by atomic mass is 16.6. The molecule has 2 aliphatic rings. The summed E-state index contributed by atoms with van der Waals surface area (Å²) >= 11 is 0. The summed E-state index contributed by atoms with van der Waals surface area (Å²) in [6.45, 7) is 11.3. The molecule has 2 aromatic heterocycles. The van der Waals surface area contributed by atoms with Gasteiger partial charge in [-0.15, -0.1) is 0 Å². The number of rotatable bonds is 2. The molecule has 0 spiro atoms. The fourth-order valence-corrected chi connectivity index (χ4v) is 7.51. The minimum absolute atomic E-state index is 0.0638. The zero-order chi connectivity index (χ0) is 27.7. The van der Waals surface area contributed by atoms with Crippen LogP contribution in [0.15, 0.2) is 73.1 Å². The van der Waals surface area contributed by atoms with Crippen molar-refractivity contribution in [3.8, 4) is 11.3 Å². The quantitative estimate of drug-likeness (QED) is 0.189. The number of fused-ring (bicyclic) bond motifs is 13. The first-order valence-corrected chi connectivity index (χ1v) is 14.3. The van der Waals surface area contributed by atoms with Crippen LogP contribution >= 0.6 is 0 Å². The van der Waals surface area contributed by atoms with Gasteiger partial charge in [0.2, 0.25) is 5.79 Å². The van der Waals surface area contributed by atoms with E-state index in [-0.39, 0.29) is 23.4 Å². The van der Waals surface area contributed by atoms with Crippen LogP contribution in [-0.2, 0) is 10.2 Å². The second kappa shape index (κ2) is 7.68. The maximum Gasteiger partial charge on any atom is 0.289 e. The Bertz CT molecular complexity index is 2050. The first kappa shape index (κ1) is 24.0. The van der Waals surface area contributed by atoms with E-state index in [0.29, 0.717) is 0 Å². The molecule has 1 aliphatic carbocycles. The van der Waals surface area contributed by atoms with E-state index in [2.05, 4.69) is 110 Å². The second-order valence-corrected chi connectivity index (χ2v) is 12.9. The summed E-state index contributed by atoms with van der Waals surface area (Å²) in [5.74, 6) is -1.45. The van der Waals surface area contributed by atoms with Gasteiger partial charge in [0.1, 0.15) is 11.1 Å². The maximum atomic E-state index is 11.8. The van der Waals surface area contributed by atoms with Crippen LogP contribution in [0.1, 0.15) is 63.7 Å². The Hall–Kier alpha value is -3.80. The molecular weight excluding hydrogens is 494 g/mol. The Balaban J connectivity index is 1.61. The molecule has 0 bridgehead atoms. The monoisotopic (exact) mass is 528 g/mol. The lowest BCUT2D eigenvalue weighted by molar-refractivity contribution is -0.704. The normalized spacial score (nSPS) is 21.8. The average Bonchev–Trinajstić information content (AvgIpc) is 3.43. The molecule has 8 rings (SSSR count). The average molecular weight is 529 g/mol. The third-order valence-electron chi connectivity index (χ3n) is 9.32. The largest absolute Gasteiger partial charge is 0.362 e. The maximum absolute atomic E-state index is 11.8. The first-order valence-electron chi connectivity index (χ1n) is 14.3. The summed E-state index contributed by atoms with van der Waals surface area (Å²) in [6.07, 6.45) is 1.93. The van der Waals surface area contributed by atoms with Gasteiger partial charge in [-0.1, -0.05) is 69.3 Å². The molecule has 3 unspecified atom stereocenters. The number of hydrogen-bond donors (Lipinski definition) is 1. The Morgan fingerprint density at radius 3 is 2.30 bits per heavy atom. The Labute approximate surface area is 233 Å². The molecular formula is C35H34N3O2+. The van der Waals surface area contributed by atoms with Gasteiger partial charge in [-0.05, 0) is 75.1 Å². The predicted molar refractivity (Wildman–Crippen MR) is 161 cm³/mol. The van der Waals surface area contributed by atoms with Crippen LogP contribution < -0.4 is 4.57 Å². The molecule has 6 aromatic rings. The lowest BCUT2D eigenvalue weighted by Crippen LogP contribution is -2.41. The minimum Gasteiger partial charge on any atom is -0.362 e.